The van der Waals surface area contributed by atoms with Crippen LogP contribution in [0.4, 0.5) is 10.5 Å². The minimum absolute atomic E-state index is 0.420. The second-order valence-corrected chi connectivity index (χ2v) is 5.77. The third kappa shape index (κ3) is 4.38. The Bertz CT molecular complexity index is 396. The first kappa shape index (κ1) is 13.3. The Morgan fingerprint density at radius 2 is 2.00 bits per heavy atom. The van der Waals surface area contributed by atoms with Crippen molar-refractivity contribution in [3.8, 4) is 0 Å². The number of carbonyl (C=O) groups is 1. The minimum atomic E-state index is -0.473. The Morgan fingerprint density at radius 1 is 1.38 bits per heavy atom. The topological polar surface area (TPSA) is 38.3 Å². The van der Waals surface area contributed by atoms with Gasteiger partial charge in [-0.3, -0.25) is 5.32 Å². The molecular weight excluding hydrogens is 317 g/mol. The van der Waals surface area contributed by atoms with Gasteiger partial charge in [0.2, 0.25) is 0 Å². The van der Waals surface area contributed by atoms with Crippen molar-refractivity contribution in [3.63, 3.8) is 0 Å². The summed E-state index contributed by atoms with van der Waals surface area (Å²) in [5.41, 5.74) is 1.42. The Morgan fingerprint density at radius 3 is 2.56 bits per heavy atom. The second-order valence-electron chi connectivity index (χ2n) is 4.61. The highest BCUT2D eigenvalue weighted by molar-refractivity contribution is 14.1. The molecule has 0 aromatic heterocycles. The van der Waals surface area contributed by atoms with Crippen LogP contribution in [0.3, 0.4) is 0 Å². The lowest BCUT2D eigenvalue weighted by molar-refractivity contribution is 0.0636. The molecule has 1 aromatic rings. The van der Waals surface area contributed by atoms with Crippen LogP contribution in [0.5, 0.6) is 0 Å². The molecule has 0 aliphatic heterocycles. The molecule has 0 radical (unpaired) electrons. The summed E-state index contributed by atoms with van der Waals surface area (Å²) in [6.45, 7) is 7.51. The third-order valence-corrected chi connectivity index (χ3v) is 2.70. The molecule has 4 heteroatoms. The highest BCUT2D eigenvalue weighted by Gasteiger charge is 2.16. The number of halogens is 1. The Kier molecular flexibility index (Phi) is 4.18. The SMILES string of the molecule is Cc1ccc(I)c(NC(=O)OC(C)(C)C)c1. The standard InChI is InChI=1S/C12H16INO2/c1-8-5-6-9(13)10(7-8)14-11(15)16-12(2,3)4/h5-7H,1-4H3,(H,14,15). The summed E-state index contributed by atoms with van der Waals surface area (Å²) in [6.07, 6.45) is -0.420. The Labute approximate surface area is 110 Å². The molecule has 1 N–H and O–H groups in total. The van der Waals surface area contributed by atoms with Gasteiger partial charge in [0.1, 0.15) is 5.60 Å². The van der Waals surface area contributed by atoms with Crippen LogP contribution in [0.25, 0.3) is 0 Å². The van der Waals surface area contributed by atoms with Crippen LogP contribution in [0.2, 0.25) is 0 Å². The maximum Gasteiger partial charge on any atom is 0.412 e. The fourth-order valence-electron chi connectivity index (χ4n) is 1.15. The van der Waals surface area contributed by atoms with Gasteiger partial charge in [0.25, 0.3) is 0 Å². The predicted octanol–water partition coefficient (Wildman–Crippen LogP) is 3.95. The van der Waals surface area contributed by atoms with Crippen LogP contribution < -0.4 is 5.32 Å². The molecule has 0 unspecified atom stereocenters. The molecule has 16 heavy (non-hydrogen) atoms. The van der Waals surface area contributed by atoms with Crippen molar-refractivity contribution in [3.05, 3.63) is 27.3 Å². The Hall–Kier alpha value is -0.780. The summed E-state index contributed by atoms with van der Waals surface area (Å²) in [6, 6.07) is 5.89. The number of nitrogens with one attached hydrogen (secondary N) is 1. The van der Waals surface area contributed by atoms with Gasteiger partial charge in [-0.05, 0) is 68.0 Å². The molecule has 0 fully saturated rings. The summed E-state index contributed by atoms with van der Waals surface area (Å²) in [7, 11) is 0. The summed E-state index contributed by atoms with van der Waals surface area (Å²) < 4.78 is 6.18. The molecule has 0 saturated heterocycles. The molecule has 1 aromatic carbocycles. The largest absolute Gasteiger partial charge is 0.444 e. The van der Waals surface area contributed by atoms with E-state index in [2.05, 4.69) is 27.9 Å². The van der Waals surface area contributed by atoms with E-state index >= 15 is 0 Å². The highest BCUT2D eigenvalue weighted by Crippen LogP contribution is 2.20. The van der Waals surface area contributed by atoms with E-state index in [4.69, 9.17) is 4.74 Å². The van der Waals surface area contributed by atoms with Gasteiger partial charge in [-0.1, -0.05) is 6.07 Å². The quantitative estimate of drug-likeness (QED) is 0.791. The highest BCUT2D eigenvalue weighted by atomic mass is 127. The number of carbonyl (C=O) groups excluding carboxylic acids is 1. The van der Waals surface area contributed by atoms with Gasteiger partial charge in [0.15, 0.2) is 0 Å². The monoisotopic (exact) mass is 333 g/mol. The molecule has 1 amide bonds. The van der Waals surface area contributed by atoms with Gasteiger partial charge in [0.05, 0.1) is 5.69 Å². The van der Waals surface area contributed by atoms with Gasteiger partial charge in [-0.15, -0.1) is 0 Å². The summed E-state index contributed by atoms with van der Waals surface area (Å²) in [5.74, 6) is 0. The first-order chi connectivity index (χ1) is 7.28. The third-order valence-electron chi connectivity index (χ3n) is 1.76. The lowest BCUT2D eigenvalue weighted by Crippen LogP contribution is -2.27. The molecule has 88 valence electrons. The van der Waals surface area contributed by atoms with Crippen LogP contribution in [-0.2, 0) is 4.74 Å². The van der Waals surface area contributed by atoms with Gasteiger partial charge in [0, 0.05) is 3.57 Å². The lowest BCUT2D eigenvalue weighted by atomic mass is 10.2. The fourth-order valence-corrected chi connectivity index (χ4v) is 1.62. The van der Waals surface area contributed by atoms with E-state index in [0.29, 0.717) is 0 Å². The van der Waals surface area contributed by atoms with Gasteiger partial charge in [-0.25, -0.2) is 4.79 Å². The molecule has 0 heterocycles. The van der Waals surface area contributed by atoms with E-state index in [1.807, 2.05) is 45.9 Å². The summed E-state index contributed by atoms with van der Waals surface area (Å²) in [4.78, 5) is 11.6. The molecule has 1 rings (SSSR count). The number of rotatable bonds is 1. The lowest BCUT2D eigenvalue weighted by Gasteiger charge is -2.20. The van der Waals surface area contributed by atoms with Gasteiger partial charge < -0.3 is 4.74 Å². The van der Waals surface area contributed by atoms with E-state index in [0.717, 1.165) is 14.8 Å². The number of hydrogen-bond donors (Lipinski definition) is 1. The minimum Gasteiger partial charge on any atom is -0.444 e. The Balaban J connectivity index is 2.73. The number of hydrogen-bond acceptors (Lipinski definition) is 2. The van der Waals surface area contributed by atoms with Crippen molar-refractivity contribution in [1.29, 1.82) is 0 Å². The van der Waals surface area contributed by atoms with E-state index in [-0.39, 0.29) is 0 Å². The summed E-state index contributed by atoms with van der Waals surface area (Å²) in [5, 5.41) is 2.74. The number of benzene rings is 1. The molecule has 0 saturated carbocycles. The average molecular weight is 333 g/mol. The molecule has 0 aliphatic carbocycles. The zero-order valence-electron chi connectivity index (χ0n) is 9.93. The van der Waals surface area contributed by atoms with Crippen molar-refractivity contribution in [2.24, 2.45) is 0 Å². The molecule has 0 bridgehead atoms. The number of ether oxygens (including phenoxy) is 1. The molecule has 0 spiro atoms. The molecular formula is C12H16INO2. The van der Waals surface area contributed by atoms with E-state index in [9.17, 15) is 4.79 Å². The molecule has 0 aliphatic rings. The zero-order chi connectivity index (χ0) is 12.3. The first-order valence-electron chi connectivity index (χ1n) is 5.04. The molecule has 3 nitrogen and oxygen atoms in total. The fraction of sp³-hybridized carbons (Fsp3) is 0.417. The van der Waals surface area contributed by atoms with Crippen LogP contribution in [-0.4, -0.2) is 11.7 Å². The number of amides is 1. The van der Waals surface area contributed by atoms with E-state index in [1.165, 1.54) is 0 Å². The maximum atomic E-state index is 11.6. The van der Waals surface area contributed by atoms with Crippen molar-refractivity contribution in [1.82, 2.24) is 0 Å². The smallest absolute Gasteiger partial charge is 0.412 e. The van der Waals surface area contributed by atoms with E-state index < -0.39 is 11.7 Å². The average Bonchev–Trinajstić information content (AvgIpc) is 2.08. The predicted molar refractivity (Wildman–Crippen MR) is 73.8 cm³/mol. The zero-order valence-corrected chi connectivity index (χ0v) is 12.1. The second kappa shape index (κ2) is 5.03. The van der Waals surface area contributed by atoms with Crippen molar-refractivity contribution in [2.45, 2.75) is 33.3 Å². The van der Waals surface area contributed by atoms with Crippen LogP contribution >= 0.6 is 22.6 Å². The number of anilines is 1. The van der Waals surface area contributed by atoms with Crippen LogP contribution in [0.1, 0.15) is 26.3 Å². The first-order valence-corrected chi connectivity index (χ1v) is 6.12. The van der Waals surface area contributed by atoms with Gasteiger partial charge in [-0.2, -0.15) is 0 Å². The number of aryl methyl sites for hydroxylation is 1. The van der Waals surface area contributed by atoms with Crippen LogP contribution in [0.15, 0.2) is 18.2 Å². The maximum absolute atomic E-state index is 11.6. The van der Waals surface area contributed by atoms with Crippen molar-refractivity contribution < 1.29 is 9.53 Å². The normalized spacial score (nSPS) is 11.1. The summed E-state index contributed by atoms with van der Waals surface area (Å²) >= 11 is 2.18. The van der Waals surface area contributed by atoms with Crippen molar-refractivity contribution >= 4 is 34.4 Å². The van der Waals surface area contributed by atoms with E-state index in [1.54, 1.807) is 0 Å². The molecule has 0 atom stereocenters. The van der Waals surface area contributed by atoms with Crippen molar-refractivity contribution in [2.75, 3.05) is 5.32 Å². The van der Waals surface area contributed by atoms with Gasteiger partial charge >= 0.3 is 6.09 Å². The van der Waals surface area contributed by atoms with Crippen LogP contribution in [0, 0.1) is 10.5 Å².